The Morgan fingerprint density at radius 3 is 2.67 bits per heavy atom. The first-order valence-corrected chi connectivity index (χ1v) is 5.77. The Morgan fingerprint density at radius 1 is 1.33 bits per heavy atom. The van der Waals surface area contributed by atoms with E-state index in [9.17, 15) is 9.18 Å². The van der Waals surface area contributed by atoms with Gasteiger partial charge in [0.2, 0.25) is 0 Å². The Morgan fingerprint density at radius 2 is 2.05 bits per heavy atom. The molecule has 1 aromatic heterocycles. The second-order valence-electron chi connectivity index (χ2n) is 3.83. The molecule has 21 heavy (non-hydrogen) atoms. The van der Waals surface area contributed by atoms with E-state index in [-0.39, 0.29) is 28.7 Å². The van der Waals surface area contributed by atoms with Crippen molar-refractivity contribution in [2.45, 2.75) is 0 Å². The Kier molecular flexibility index (Phi) is 6.51. The Bertz CT molecular complexity index is 635. The summed E-state index contributed by atoms with van der Waals surface area (Å²) in [7, 11) is 1.39. The quantitative estimate of drug-likeness (QED) is 0.527. The third kappa shape index (κ3) is 4.66. The van der Waals surface area contributed by atoms with Gasteiger partial charge in [-0.2, -0.15) is 5.10 Å². The first-order chi connectivity index (χ1) is 9.70. The minimum absolute atomic E-state index is 0. The van der Waals surface area contributed by atoms with Crippen LogP contribution in [0.3, 0.4) is 0 Å². The first kappa shape index (κ1) is 16.8. The summed E-state index contributed by atoms with van der Waals surface area (Å²) in [6, 6.07) is 7.52. The van der Waals surface area contributed by atoms with Crippen molar-refractivity contribution in [3.05, 3.63) is 59.7 Å². The molecule has 1 radical (unpaired) electrons. The SMILES string of the molecule is COc1ccc(/C=N/NC(=O)c2ccncc2)cc1F.[Cu+2]. The van der Waals surface area contributed by atoms with Gasteiger partial charge in [-0.3, -0.25) is 9.78 Å². The normalized spacial score (nSPS) is 10.0. The predicted molar refractivity (Wildman–Crippen MR) is 72.2 cm³/mol. The van der Waals surface area contributed by atoms with E-state index in [1.807, 2.05) is 0 Å². The molecular weight excluding hydrogens is 325 g/mol. The molecule has 1 aromatic carbocycles. The summed E-state index contributed by atoms with van der Waals surface area (Å²) in [5, 5.41) is 3.76. The fraction of sp³-hybridized carbons (Fsp3) is 0.0714. The van der Waals surface area contributed by atoms with Crippen LogP contribution in [0.4, 0.5) is 4.39 Å². The zero-order chi connectivity index (χ0) is 14.4. The molecule has 0 saturated carbocycles. The fourth-order valence-electron chi connectivity index (χ4n) is 1.50. The summed E-state index contributed by atoms with van der Waals surface area (Å²) in [5.74, 6) is -0.697. The van der Waals surface area contributed by atoms with Gasteiger partial charge in [0.15, 0.2) is 11.6 Å². The molecular formula is C14H12CuFN3O2+2. The molecule has 0 atom stereocenters. The summed E-state index contributed by atoms with van der Waals surface area (Å²) in [6.07, 6.45) is 4.37. The maximum Gasteiger partial charge on any atom is 2.00 e. The van der Waals surface area contributed by atoms with Crippen molar-refractivity contribution in [3.63, 3.8) is 0 Å². The number of halogens is 1. The number of nitrogens with zero attached hydrogens (tertiary/aromatic N) is 2. The Labute approximate surface area is 131 Å². The van der Waals surface area contributed by atoms with Crippen LogP contribution >= 0.6 is 0 Å². The molecule has 1 heterocycles. The molecule has 2 aromatic rings. The van der Waals surface area contributed by atoms with Crippen LogP contribution in [-0.2, 0) is 17.1 Å². The molecule has 5 nitrogen and oxygen atoms in total. The zero-order valence-electron chi connectivity index (χ0n) is 11.0. The molecule has 1 amide bonds. The number of rotatable bonds is 4. The fourth-order valence-corrected chi connectivity index (χ4v) is 1.50. The van der Waals surface area contributed by atoms with Crippen molar-refractivity contribution in [2.75, 3.05) is 7.11 Å². The summed E-state index contributed by atoms with van der Waals surface area (Å²) >= 11 is 0. The Balaban J connectivity index is 0.00000220. The van der Waals surface area contributed by atoms with E-state index in [2.05, 4.69) is 15.5 Å². The van der Waals surface area contributed by atoms with Crippen LogP contribution in [0.15, 0.2) is 47.8 Å². The number of methoxy groups -OCH3 is 1. The average molecular weight is 337 g/mol. The Hall–Kier alpha value is -2.24. The average Bonchev–Trinajstić information content (AvgIpc) is 2.48. The molecule has 1 N–H and O–H groups in total. The molecule has 0 aliphatic carbocycles. The van der Waals surface area contributed by atoms with Gasteiger partial charge in [0.1, 0.15) is 0 Å². The van der Waals surface area contributed by atoms with Gasteiger partial charge in [0.25, 0.3) is 5.91 Å². The standard InChI is InChI=1S/C14H12FN3O2.Cu/c1-20-13-3-2-10(8-12(13)15)9-17-18-14(19)11-4-6-16-7-5-11;/h2-9H,1H3,(H,18,19);/q;+2/b17-9+;. The van der Waals surface area contributed by atoms with E-state index in [1.54, 1.807) is 18.2 Å². The number of hydrazone groups is 1. The van der Waals surface area contributed by atoms with E-state index in [0.717, 1.165) is 0 Å². The summed E-state index contributed by atoms with van der Waals surface area (Å²) < 4.78 is 18.2. The number of amides is 1. The molecule has 0 unspecified atom stereocenters. The van der Waals surface area contributed by atoms with E-state index in [1.165, 1.54) is 37.9 Å². The van der Waals surface area contributed by atoms with Crippen LogP contribution in [0, 0.1) is 5.82 Å². The van der Waals surface area contributed by atoms with Gasteiger partial charge < -0.3 is 4.74 Å². The minimum atomic E-state index is -0.489. The number of nitrogens with one attached hydrogen (secondary N) is 1. The number of ether oxygens (including phenoxy) is 1. The number of hydrogen-bond donors (Lipinski definition) is 1. The molecule has 2 rings (SSSR count). The van der Waals surface area contributed by atoms with Crippen LogP contribution in [0.2, 0.25) is 0 Å². The maximum atomic E-state index is 13.4. The van der Waals surface area contributed by atoms with Crippen LogP contribution in [0.1, 0.15) is 15.9 Å². The van der Waals surface area contributed by atoms with Crippen molar-refractivity contribution < 1.29 is 31.0 Å². The van der Waals surface area contributed by atoms with Gasteiger partial charge in [-0.15, -0.1) is 0 Å². The number of carbonyl (C=O) groups is 1. The second kappa shape index (κ2) is 8.14. The number of aromatic nitrogens is 1. The van der Waals surface area contributed by atoms with Gasteiger partial charge in [-0.1, -0.05) is 0 Å². The molecule has 0 spiro atoms. The number of carbonyl (C=O) groups excluding carboxylic acids is 1. The zero-order valence-corrected chi connectivity index (χ0v) is 12.0. The van der Waals surface area contributed by atoms with Gasteiger partial charge in [-0.25, -0.2) is 9.82 Å². The largest absolute Gasteiger partial charge is 2.00 e. The van der Waals surface area contributed by atoms with Crippen LogP contribution < -0.4 is 10.2 Å². The second-order valence-corrected chi connectivity index (χ2v) is 3.83. The molecule has 111 valence electrons. The van der Waals surface area contributed by atoms with E-state index < -0.39 is 5.82 Å². The number of benzene rings is 1. The third-order valence-corrected chi connectivity index (χ3v) is 2.50. The van der Waals surface area contributed by atoms with Crippen LogP contribution in [-0.4, -0.2) is 24.2 Å². The number of hydrogen-bond acceptors (Lipinski definition) is 4. The van der Waals surface area contributed by atoms with E-state index in [0.29, 0.717) is 11.1 Å². The monoisotopic (exact) mass is 336 g/mol. The summed E-state index contributed by atoms with van der Waals surface area (Å²) in [5.41, 5.74) is 3.30. The van der Waals surface area contributed by atoms with Crippen molar-refractivity contribution in [1.82, 2.24) is 10.4 Å². The first-order valence-electron chi connectivity index (χ1n) is 5.77. The molecule has 7 heteroatoms. The van der Waals surface area contributed by atoms with Gasteiger partial charge in [-0.05, 0) is 35.9 Å². The molecule has 0 aliphatic heterocycles. The van der Waals surface area contributed by atoms with E-state index in [4.69, 9.17) is 4.74 Å². The summed E-state index contributed by atoms with van der Waals surface area (Å²) in [6.45, 7) is 0. The van der Waals surface area contributed by atoms with Crippen molar-refractivity contribution in [1.29, 1.82) is 0 Å². The van der Waals surface area contributed by atoms with Crippen LogP contribution in [0.5, 0.6) is 5.75 Å². The van der Waals surface area contributed by atoms with Gasteiger partial charge in [0, 0.05) is 18.0 Å². The smallest absolute Gasteiger partial charge is 0.494 e. The maximum absolute atomic E-state index is 13.4. The summed E-state index contributed by atoms with van der Waals surface area (Å²) in [4.78, 5) is 15.5. The molecule has 0 aliphatic rings. The number of pyridine rings is 1. The van der Waals surface area contributed by atoms with Crippen molar-refractivity contribution >= 4 is 12.1 Å². The van der Waals surface area contributed by atoms with Gasteiger partial charge >= 0.3 is 17.1 Å². The molecule has 0 saturated heterocycles. The third-order valence-electron chi connectivity index (χ3n) is 2.50. The van der Waals surface area contributed by atoms with Crippen molar-refractivity contribution in [2.24, 2.45) is 5.10 Å². The van der Waals surface area contributed by atoms with Gasteiger partial charge in [0.05, 0.1) is 13.3 Å². The minimum Gasteiger partial charge on any atom is -0.494 e. The van der Waals surface area contributed by atoms with Crippen LogP contribution in [0.25, 0.3) is 0 Å². The van der Waals surface area contributed by atoms with E-state index >= 15 is 0 Å². The molecule has 0 bridgehead atoms. The topological polar surface area (TPSA) is 63.6 Å². The molecule has 0 fully saturated rings. The predicted octanol–water partition coefficient (Wildman–Crippen LogP) is 1.99. The van der Waals surface area contributed by atoms with Crippen molar-refractivity contribution in [3.8, 4) is 5.75 Å².